The molecule has 0 aliphatic rings. The maximum atomic E-state index is 3.56. The van der Waals surface area contributed by atoms with Crippen LogP contribution < -0.4 is 10.9 Å². The van der Waals surface area contributed by atoms with Crippen molar-refractivity contribution >= 4 is 48.2 Å². The first-order valence-corrected chi connectivity index (χ1v) is 15.6. The first kappa shape index (κ1) is 30.2. The van der Waals surface area contributed by atoms with E-state index < -0.39 is 0 Å². The zero-order valence-electron chi connectivity index (χ0n) is 25.8. The molecule has 0 spiro atoms. The Morgan fingerprint density at radius 2 is 1.11 bits per heavy atom. The van der Waals surface area contributed by atoms with Crippen LogP contribution in [-0.4, -0.2) is 15.7 Å². The predicted molar refractivity (Wildman–Crippen MR) is 179 cm³/mol. The summed E-state index contributed by atoms with van der Waals surface area (Å²) in [7, 11) is 4.72. The molecule has 0 bridgehead atoms. The second-order valence-electron chi connectivity index (χ2n) is 10.9. The minimum atomic E-state index is 0.859. The molecule has 2 heteroatoms. The maximum Gasteiger partial charge on any atom is 0.140 e. The zero-order valence-corrected chi connectivity index (χ0v) is 25.8. The van der Waals surface area contributed by atoms with Gasteiger partial charge < -0.3 is 0 Å². The van der Waals surface area contributed by atoms with Crippen molar-refractivity contribution in [2.24, 2.45) is 0 Å². The average molecular weight is 504 g/mol. The van der Waals surface area contributed by atoms with Crippen LogP contribution in [0.4, 0.5) is 0 Å². The van der Waals surface area contributed by atoms with Gasteiger partial charge in [0, 0.05) is 12.8 Å². The van der Waals surface area contributed by atoms with Crippen LogP contribution in [0.2, 0.25) is 0 Å². The van der Waals surface area contributed by atoms with E-state index in [1.807, 2.05) is 0 Å². The summed E-state index contributed by atoms with van der Waals surface area (Å²) in [4.78, 5) is 0. The van der Waals surface area contributed by atoms with Crippen LogP contribution >= 0.6 is 0 Å². The highest BCUT2D eigenvalue weighted by atomic mass is 14.2. The number of hydrogen-bond acceptors (Lipinski definition) is 0. The van der Waals surface area contributed by atoms with Crippen LogP contribution in [0.5, 0.6) is 0 Å². The Labute approximate surface area is 235 Å². The molecular formula is C36H50B2. The molecule has 0 atom stereocenters. The highest BCUT2D eigenvalue weighted by Crippen LogP contribution is 2.35. The van der Waals surface area contributed by atoms with Crippen molar-refractivity contribution in [1.29, 1.82) is 0 Å². The van der Waals surface area contributed by atoms with Gasteiger partial charge >= 0.3 is 0 Å². The van der Waals surface area contributed by atoms with E-state index in [0.717, 1.165) is 44.9 Å². The molecule has 0 fully saturated rings. The molecule has 3 rings (SSSR count). The summed E-state index contributed by atoms with van der Waals surface area (Å²) in [6, 6.07) is 5.11. The van der Waals surface area contributed by atoms with Gasteiger partial charge in [-0.05, 0) is 112 Å². The van der Waals surface area contributed by atoms with Gasteiger partial charge in [0.05, 0.1) is 0 Å². The van der Waals surface area contributed by atoms with Crippen molar-refractivity contribution in [3.63, 3.8) is 0 Å². The van der Waals surface area contributed by atoms with Gasteiger partial charge in [-0.1, -0.05) is 89.8 Å². The summed E-state index contributed by atoms with van der Waals surface area (Å²) in [6.45, 7) is 13.9. The standard InChI is InChI=1S/C36H50B2/c1-7-13-15-17-19-21-29-30(22-20-18-16-14-8-2)36(38)34-24-32-28(12-6)26(10-4)25(9-3)27(11-5)31(32)23-33(34)35(29)37/h17,19,23-24H,7-16,21-22,37-38H2,1-6H3/b19-17-. The van der Waals surface area contributed by atoms with Gasteiger partial charge in [0.15, 0.2) is 0 Å². The summed E-state index contributed by atoms with van der Waals surface area (Å²) in [6.07, 6.45) is 18.2. The molecule has 0 saturated heterocycles. The number of hydrogen-bond donors (Lipinski definition) is 0. The average Bonchev–Trinajstić information content (AvgIpc) is 2.93. The van der Waals surface area contributed by atoms with Crippen LogP contribution in [0.1, 0.15) is 113 Å². The first-order chi connectivity index (χ1) is 18.5. The fourth-order valence-electron chi connectivity index (χ4n) is 6.51. The normalized spacial score (nSPS) is 11.5. The van der Waals surface area contributed by atoms with Gasteiger partial charge in [-0.2, -0.15) is 0 Å². The van der Waals surface area contributed by atoms with Gasteiger partial charge in [-0.25, -0.2) is 0 Å². The van der Waals surface area contributed by atoms with Gasteiger partial charge in [-0.15, -0.1) is 5.92 Å². The van der Waals surface area contributed by atoms with E-state index >= 15 is 0 Å². The van der Waals surface area contributed by atoms with Crippen LogP contribution in [0.3, 0.4) is 0 Å². The predicted octanol–water partition coefficient (Wildman–Crippen LogP) is 6.78. The summed E-state index contributed by atoms with van der Waals surface area (Å²) >= 11 is 0. The molecule has 0 saturated carbocycles. The minimum absolute atomic E-state index is 0.859. The number of benzene rings is 3. The van der Waals surface area contributed by atoms with E-state index in [0.29, 0.717) is 0 Å². The molecule has 0 unspecified atom stereocenters. The lowest BCUT2D eigenvalue weighted by atomic mass is 9.72. The Kier molecular flexibility index (Phi) is 11.6. The summed E-state index contributed by atoms with van der Waals surface area (Å²) < 4.78 is 0. The number of unbranched alkanes of at least 4 members (excludes halogenated alkanes) is 4. The van der Waals surface area contributed by atoms with Crippen LogP contribution in [0.15, 0.2) is 24.3 Å². The molecule has 0 aliphatic heterocycles. The minimum Gasteiger partial charge on any atom is -0.103 e. The van der Waals surface area contributed by atoms with Gasteiger partial charge in [0.25, 0.3) is 0 Å². The number of allylic oxidation sites excluding steroid dienone is 2. The number of fused-ring (bicyclic) bond motifs is 2. The molecule has 38 heavy (non-hydrogen) atoms. The van der Waals surface area contributed by atoms with E-state index in [1.165, 1.54) is 75.7 Å². The molecule has 0 amide bonds. The lowest BCUT2D eigenvalue weighted by molar-refractivity contribution is 0.813. The Bertz CT molecular complexity index is 1350. The Morgan fingerprint density at radius 1 is 0.579 bits per heavy atom. The summed E-state index contributed by atoms with van der Waals surface area (Å²) in [5.41, 5.74) is 12.2. The van der Waals surface area contributed by atoms with Crippen molar-refractivity contribution in [2.45, 2.75) is 119 Å². The van der Waals surface area contributed by atoms with Gasteiger partial charge in [-0.3, -0.25) is 0 Å². The Balaban J connectivity index is 2.33. The van der Waals surface area contributed by atoms with E-state index in [-0.39, 0.29) is 0 Å². The molecule has 0 heterocycles. The largest absolute Gasteiger partial charge is 0.140 e. The van der Waals surface area contributed by atoms with Crippen LogP contribution in [0.25, 0.3) is 21.5 Å². The third kappa shape index (κ3) is 6.25. The van der Waals surface area contributed by atoms with Crippen molar-refractivity contribution < 1.29 is 0 Å². The molecular weight excluding hydrogens is 454 g/mol. The fourth-order valence-corrected chi connectivity index (χ4v) is 6.51. The molecule has 0 aliphatic carbocycles. The molecule has 3 aromatic rings. The molecule has 0 aromatic heterocycles. The zero-order chi connectivity index (χ0) is 27.7. The van der Waals surface area contributed by atoms with Crippen LogP contribution in [-0.2, 0) is 38.5 Å². The quantitative estimate of drug-likeness (QED) is 0.0839. The SMILES string of the molecule is Bc1c(CC#CCCCC)c(C/C=C\CCCC)c(B)c2cc3c(CC)c(CC)c(CC)c(CC)c3cc12. The van der Waals surface area contributed by atoms with E-state index in [9.17, 15) is 0 Å². The van der Waals surface area contributed by atoms with Crippen molar-refractivity contribution in [3.8, 4) is 11.8 Å². The second-order valence-corrected chi connectivity index (χ2v) is 10.9. The third-order valence-corrected chi connectivity index (χ3v) is 8.65. The Morgan fingerprint density at radius 3 is 1.61 bits per heavy atom. The van der Waals surface area contributed by atoms with Gasteiger partial charge in [0.1, 0.15) is 15.7 Å². The number of aryl methyl sites for hydroxylation is 2. The molecule has 0 radical (unpaired) electrons. The lowest BCUT2D eigenvalue weighted by Gasteiger charge is -2.23. The monoisotopic (exact) mass is 504 g/mol. The Hall–Kier alpha value is -2.39. The second kappa shape index (κ2) is 14.7. The lowest BCUT2D eigenvalue weighted by Crippen LogP contribution is -2.25. The van der Waals surface area contributed by atoms with E-state index in [4.69, 9.17) is 0 Å². The summed E-state index contributed by atoms with van der Waals surface area (Å²) in [5, 5.41) is 5.85. The van der Waals surface area contributed by atoms with E-state index in [2.05, 4.69) is 93.4 Å². The highest BCUT2D eigenvalue weighted by Gasteiger charge is 2.19. The molecule has 3 aromatic carbocycles. The third-order valence-electron chi connectivity index (χ3n) is 8.65. The van der Waals surface area contributed by atoms with Crippen molar-refractivity contribution in [2.75, 3.05) is 0 Å². The topological polar surface area (TPSA) is 0 Å². The fraction of sp³-hybridized carbons (Fsp3) is 0.500. The van der Waals surface area contributed by atoms with E-state index in [1.54, 1.807) is 22.3 Å². The highest BCUT2D eigenvalue weighted by molar-refractivity contribution is 6.47. The number of rotatable bonds is 12. The molecule has 0 N–H and O–H groups in total. The van der Waals surface area contributed by atoms with Crippen molar-refractivity contribution in [1.82, 2.24) is 0 Å². The van der Waals surface area contributed by atoms with Crippen molar-refractivity contribution in [3.05, 3.63) is 57.7 Å². The summed E-state index contributed by atoms with van der Waals surface area (Å²) in [5.74, 6) is 7.02. The van der Waals surface area contributed by atoms with Crippen LogP contribution in [0, 0.1) is 11.8 Å². The van der Waals surface area contributed by atoms with Gasteiger partial charge in [0.2, 0.25) is 0 Å². The molecule has 200 valence electrons. The molecule has 0 nitrogen and oxygen atoms in total. The maximum absolute atomic E-state index is 3.56. The smallest absolute Gasteiger partial charge is 0.103 e. The first-order valence-electron chi connectivity index (χ1n) is 15.6.